The summed E-state index contributed by atoms with van der Waals surface area (Å²) in [6.45, 7) is 8.64. The lowest BCUT2D eigenvalue weighted by Gasteiger charge is -2.12. The van der Waals surface area contributed by atoms with Crippen LogP contribution in [0.25, 0.3) is 22.6 Å². The molecule has 52 heavy (non-hydrogen) atoms. The summed E-state index contributed by atoms with van der Waals surface area (Å²) in [7, 11) is 0. The molecule has 0 saturated carbocycles. The van der Waals surface area contributed by atoms with Gasteiger partial charge in [-0.3, -0.25) is 9.59 Å². The van der Waals surface area contributed by atoms with Crippen molar-refractivity contribution < 1.29 is 18.4 Å². The van der Waals surface area contributed by atoms with Crippen molar-refractivity contribution in [2.45, 2.75) is 40.8 Å². The number of carbonyl (C=O) groups excluding carboxylic acids is 2. The molecule has 6 N–H and O–H groups in total. The van der Waals surface area contributed by atoms with E-state index in [-0.39, 0.29) is 23.3 Å². The Morgan fingerprint density at radius 1 is 0.538 bits per heavy atom. The van der Waals surface area contributed by atoms with Crippen LogP contribution in [0.5, 0.6) is 0 Å². The summed E-state index contributed by atoms with van der Waals surface area (Å²) < 4.78 is 11.4. The standard InChI is InChI=1S/2C20H18Cl2N2O2/c2*1-11-7-13(10-23)8-12(2)19(11)24-20(25)18-6-5-17(26-18)15-9-14(21)3-4-16(15)22/h2*3-9H,10,23H2,1-2H3,(H,24,25). The van der Waals surface area contributed by atoms with Crippen molar-refractivity contribution in [1.82, 2.24) is 0 Å². The van der Waals surface area contributed by atoms with E-state index in [9.17, 15) is 9.59 Å². The highest BCUT2D eigenvalue weighted by atomic mass is 35.5. The molecule has 4 aromatic carbocycles. The molecule has 6 aromatic rings. The normalized spacial score (nSPS) is 10.8. The summed E-state index contributed by atoms with van der Waals surface area (Å²) >= 11 is 24.4. The van der Waals surface area contributed by atoms with Crippen LogP contribution >= 0.6 is 46.4 Å². The topological polar surface area (TPSA) is 137 Å². The number of anilines is 2. The summed E-state index contributed by atoms with van der Waals surface area (Å²) in [5.41, 5.74) is 20.0. The summed E-state index contributed by atoms with van der Waals surface area (Å²) in [6.07, 6.45) is 0. The third-order valence-corrected chi connectivity index (χ3v) is 9.31. The Hall–Kier alpha value is -4.54. The van der Waals surface area contributed by atoms with Crippen LogP contribution in [0.2, 0.25) is 20.1 Å². The molecular weight excluding hydrogens is 742 g/mol. The summed E-state index contributed by atoms with van der Waals surface area (Å²) in [5.74, 6) is 0.682. The Morgan fingerprint density at radius 2 is 0.885 bits per heavy atom. The maximum Gasteiger partial charge on any atom is 0.291 e. The Kier molecular flexibility index (Phi) is 12.5. The molecule has 12 heteroatoms. The highest BCUT2D eigenvalue weighted by Crippen LogP contribution is 2.34. The maximum absolute atomic E-state index is 12.6. The highest BCUT2D eigenvalue weighted by Gasteiger charge is 2.18. The molecule has 8 nitrogen and oxygen atoms in total. The molecular formula is C40H36Cl4N4O4. The molecule has 0 aliphatic carbocycles. The quantitative estimate of drug-likeness (QED) is 0.121. The Labute approximate surface area is 322 Å². The number of benzene rings is 4. The van der Waals surface area contributed by atoms with Crippen molar-refractivity contribution in [2.24, 2.45) is 11.5 Å². The zero-order chi connectivity index (χ0) is 37.7. The van der Waals surface area contributed by atoms with E-state index in [0.29, 0.717) is 55.8 Å². The van der Waals surface area contributed by atoms with Gasteiger partial charge in [-0.05, 0) is 122 Å². The predicted molar refractivity (Wildman–Crippen MR) is 212 cm³/mol. The van der Waals surface area contributed by atoms with Crippen molar-refractivity contribution in [2.75, 3.05) is 10.6 Å². The summed E-state index contributed by atoms with van der Waals surface area (Å²) in [6, 6.07) is 24.6. The molecule has 0 spiro atoms. The first-order valence-corrected chi connectivity index (χ1v) is 17.6. The van der Waals surface area contributed by atoms with Gasteiger partial charge in [0.25, 0.3) is 11.8 Å². The van der Waals surface area contributed by atoms with Gasteiger partial charge in [-0.15, -0.1) is 0 Å². The van der Waals surface area contributed by atoms with Crippen molar-refractivity contribution in [3.8, 4) is 22.6 Å². The average Bonchev–Trinajstić information content (AvgIpc) is 3.81. The lowest BCUT2D eigenvalue weighted by Crippen LogP contribution is -2.13. The van der Waals surface area contributed by atoms with Gasteiger partial charge in [-0.2, -0.15) is 0 Å². The molecule has 0 aliphatic heterocycles. The molecule has 0 bridgehead atoms. The SMILES string of the molecule is Cc1cc(CN)cc(C)c1NC(=O)c1ccc(-c2cc(Cl)ccc2Cl)o1.Cc1cc(CN)cc(C)c1NC(=O)c1ccc(-c2cc(Cl)ccc2Cl)o1. The number of halogens is 4. The molecule has 6 rings (SSSR count). The molecule has 0 aliphatic rings. The van der Waals surface area contributed by atoms with Crippen molar-refractivity contribution in [3.63, 3.8) is 0 Å². The number of furan rings is 2. The number of rotatable bonds is 8. The molecule has 2 heterocycles. The minimum Gasteiger partial charge on any atom is -0.451 e. The molecule has 0 unspecified atom stereocenters. The fourth-order valence-electron chi connectivity index (χ4n) is 5.67. The van der Waals surface area contributed by atoms with E-state index in [4.69, 9.17) is 66.7 Å². The van der Waals surface area contributed by atoms with Crippen LogP contribution < -0.4 is 22.1 Å². The van der Waals surface area contributed by atoms with E-state index in [1.807, 2.05) is 52.0 Å². The largest absolute Gasteiger partial charge is 0.451 e. The molecule has 0 fully saturated rings. The first-order valence-electron chi connectivity index (χ1n) is 16.1. The first kappa shape index (κ1) is 38.7. The molecule has 0 radical (unpaired) electrons. The average molecular weight is 779 g/mol. The van der Waals surface area contributed by atoms with Crippen LogP contribution in [-0.2, 0) is 13.1 Å². The lowest BCUT2D eigenvalue weighted by molar-refractivity contribution is 0.0990. The monoisotopic (exact) mass is 776 g/mol. The van der Waals surface area contributed by atoms with Crippen LogP contribution in [0.1, 0.15) is 54.5 Å². The highest BCUT2D eigenvalue weighted by molar-refractivity contribution is 6.36. The number of nitrogens with two attached hydrogens (primary N) is 2. The van der Waals surface area contributed by atoms with E-state index in [1.165, 1.54) is 0 Å². The minimum absolute atomic E-state index is 0.192. The van der Waals surface area contributed by atoms with Crippen LogP contribution in [0.15, 0.2) is 93.8 Å². The van der Waals surface area contributed by atoms with Gasteiger partial charge in [0.15, 0.2) is 11.5 Å². The van der Waals surface area contributed by atoms with Crippen LogP contribution in [0.4, 0.5) is 11.4 Å². The van der Waals surface area contributed by atoms with Gasteiger partial charge < -0.3 is 30.9 Å². The number of amides is 2. The summed E-state index contributed by atoms with van der Waals surface area (Å²) in [5, 5.41) is 7.89. The molecule has 268 valence electrons. The molecule has 2 aromatic heterocycles. The van der Waals surface area contributed by atoms with Crippen molar-refractivity contribution >= 4 is 69.6 Å². The van der Waals surface area contributed by atoms with Crippen molar-refractivity contribution in [1.29, 1.82) is 0 Å². The number of aryl methyl sites for hydroxylation is 4. The van der Waals surface area contributed by atoms with Gasteiger partial charge >= 0.3 is 0 Å². The van der Waals surface area contributed by atoms with Crippen LogP contribution in [0.3, 0.4) is 0 Å². The van der Waals surface area contributed by atoms with E-state index >= 15 is 0 Å². The van der Waals surface area contributed by atoms with E-state index < -0.39 is 0 Å². The third kappa shape index (κ3) is 9.08. The van der Waals surface area contributed by atoms with E-state index in [2.05, 4.69) is 10.6 Å². The molecule has 0 atom stereocenters. The number of hydrogen-bond acceptors (Lipinski definition) is 6. The van der Waals surface area contributed by atoms with Gasteiger partial charge in [-0.25, -0.2) is 0 Å². The minimum atomic E-state index is -0.332. The second-order valence-corrected chi connectivity index (χ2v) is 13.8. The fraction of sp³-hybridized carbons (Fsp3) is 0.150. The Morgan fingerprint density at radius 3 is 1.21 bits per heavy atom. The van der Waals surface area contributed by atoms with Crippen LogP contribution in [0, 0.1) is 27.7 Å². The summed E-state index contributed by atoms with van der Waals surface area (Å²) in [4.78, 5) is 25.2. The Balaban J connectivity index is 0.000000201. The van der Waals surface area contributed by atoms with Crippen LogP contribution in [-0.4, -0.2) is 11.8 Å². The van der Waals surface area contributed by atoms with Gasteiger partial charge in [0.05, 0.1) is 10.0 Å². The number of hydrogen-bond donors (Lipinski definition) is 4. The third-order valence-electron chi connectivity index (χ3n) is 8.18. The first-order chi connectivity index (χ1) is 24.8. The molecule has 0 saturated heterocycles. The second-order valence-electron chi connectivity index (χ2n) is 12.1. The van der Waals surface area contributed by atoms with Gasteiger partial charge in [0.1, 0.15) is 11.5 Å². The second kappa shape index (κ2) is 16.9. The van der Waals surface area contributed by atoms with Gasteiger partial charge in [0.2, 0.25) is 0 Å². The van der Waals surface area contributed by atoms with Crippen molar-refractivity contribution in [3.05, 3.63) is 150 Å². The maximum atomic E-state index is 12.6. The Bertz CT molecular complexity index is 2070. The lowest BCUT2D eigenvalue weighted by atomic mass is 10.0. The number of nitrogens with one attached hydrogen (secondary N) is 2. The molecule has 2 amide bonds. The van der Waals surface area contributed by atoms with E-state index in [1.54, 1.807) is 60.7 Å². The number of carbonyl (C=O) groups is 2. The van der Waals surface area contributed by atoms with E-state index in [0.717, 1.165) is 44.8 Å². The zero-order valence-corrected chi connectivity index (χ0v) is 31.8. The fourth-order valence-corrected chi connectivity index (χ4v) is 6.43. The predicted octanol–water partition coefficient (Wildman–Crippen LogP) is 11.2. The van der Waals surface area contributed by atoms with Gasteiger partial charge in [0, 0.05) is 45.6 Å². The van der Waals surface area contributed by atoms with Gasteiger partial charge in [-0.1, -0.05) is 70.7 Å². The smallest absolute Gasteiger partial charge is 0.291 e. The zero-order valence-electron chi connectivity index (χ0n) is 28.8.